The van der Waals surface area contributed by atoms with E-state index in [0.29, 0.717) is 44.8 Å². The minimum atomic E-state index is -0.274. The van der Waals surface area contributed by atoms with Crippen LogP contribution in [0.2, 0.25) is 5.02 Å². The van der Waals surface area contributed by atoms with E-state index in [0.717, 1.165) is 11.1 Å². The molecule has 1 heterocycles. The van der Waals surface area contributed by atoms with Gasteiger partial charge in [-0.15, -0.1) is 0 Å². The predicted molar refractivity (Wildman–Crippen MR) is 117 cm³/mol. The number of carbonyl (C=O) groups is 1. The van der Waals surface area contributed by atoms with Gasteiger partial charge in [-0.3, -0.25) is 4.79 Å². The Morgan fingerprint density at radius 2 is 1.80 bits per heavy atom. The minimum Gasteiger partial charge on any atom is -0.493 e. The molecule has 0 bridgehead atoms. The molecule has 0 unspecified atom stereocenters. The molecule has 0 saturated heterocycles. The van der Waals surface area contributed by atoms with Crippen molar-refractivity contribution in [3.05, 3.63) is 70.7 Å². The molecule has 1 amide bonds. The van der Waals surface area contributed by atoms with Crippen molar-refractivity contribution in [3.63, 3.8) is 0 Å². The number of halogens is 1. The highest BCUT2D eigenvalue weighted by molar-refractivity contribution is 6.31. The quantitative estimate of drug-likeness (QED) is 0.444. The second-order valence-corrected chi connectivity index (χ2v) is 7.10. The first kappa shape index (κ1) is 19.8. The van der Waals surface area contributed by atoms with Crippen LogP contribution in [0.15, 0.2) is 59.0 Å². The lowest BCUT2D eigenvalue weighted by Crippen LogP contribution is -2.12. The summed E-state index contributed by atoms with van der Waals surface area (Å²) in [4.78, 5) is 17.2. The Hall–Kier alpha value is -3.51. The van der Waals surface area contributed by atoms with Crippen LogP contribution >= 0.6 is 11.6 Å². The molecule has 6 nitrogen and oxygen atoms in total. The number of fused-ring (bicyclic) bond motifs is 1. The van der Waals surface area contributed by atoms with Gasteiger partial charge in [-0.05, 0) is 61.0 Å². The topological polar surface area (TPSA) is 73.6 Å². The van der Waals surface area contributed by atoms with Crippen LogP contribution in [-0.4, -0.2) is 25.1 Å². The number of nitrogens with zero attached hydrogens (tertiary/aromatic N) is 1. The number of hydrogen-bond donors (Lipinski definition) is 1. The summed E-state index contributed by atoms with van der Waals surface area (Å²) in [7, 11) is 3.07. The van der Waals surface area contributed by atoms with Crippen LogP contribution in [0.5, 0.6) is 11.5 Å². The van der Waals surface area contributed by atoms with E-state index in [4.69, 9.17) is 25.5 Å². The van der Waals surface area contributed by atoms with Crippen molar-refractivity contribution in [2.75, 3.05) is 19.5 Å². The molecule has 0 aliphatic carbocycles. The molecule has 0 spiro atoms. The molecule has 0 fully saturated rings. The lowest BCUT2D eigenvalue weighted by molar-refractivity contribution is 0.102. The molecule has 3 aromatic carbocycles. The van der Waals surface area contributed by atoms with Crippen LogP contribution in [-0.2, 0) is 0 Å². The third-order valence-corrected chi connectivity index (χ3v) is 5.12. The third kappa shape index (κ3) is 3.82. The first-order valence-electron chi connectivity index (χ1n) is 9.19. The molecule has 4 aromatic rings. The zero-order chi connectivity index (χ0) is 21.3. The molecular formula is C23H19ClN2O4. The average Bonchev–Trinajstić information content (AvgIpc) is 3.18. The monoisotopic (exact) mass is 422 g/mol. The van der Waals surface area contributed by atoms with Crippen LogP contribution in [0.4, 0.5) is 5.69 Å². The predicted octanol–water partition coefficient (Wildman–Crippen LogP) is 5.73. The summed E-state index contributed by atoms with van der Waals surface area (Å²) in [5.41, 5.74) is 4.07. The number of carbonyl (C=O) groups excluding carboxylic acids is 1. The van der Waals surface area contributed by atoms with Gasteiger partial charge in [-0.1, -0.05) is 17.7 Å². The van der Waals surface area contributed by atoms with E-state index in [9.17, 15) is 4.79 Å². The number of amides is 1. The molecule has 0 saturated carbocycles. The second-order valence-electron chi connectivity index (χ2n) is 6.69. The van der Waals surface area contributed by atoms with Gasteiger partial charge in [0.15, 0.2) is 17.1 Å². The Morgan fingerprint density at radius 3 is 2.53 bits per heavy atom. The van der Waals surface area contributed by atoms with Crippen molar-refractivity contribution >= 4 is 34.3 Å². The molecule has 0 radical (unpaired) electrons. The lowest BCUT2D eigenvalue weighted by Gasteiger charge is -2.10. The van der Waals surface area contributed by atoms with Gasteiger partial charge >= 0.3 is 0 Å². The Bertz CT molecular complexity index is 1250. The number of anilines is 1. The number of benzene rings is 3. The van der Waals surface area contributed by atoms with E-state index in [1.807, 2.05) is 25.1 Å². The molecule has 30 heavy (non-hydrogen) atoms. The first-order valence-corrected chi connectivity index (χ1v) is 9.57. The standard InChI is InChI=1S/C23H19ClN2O4/c1-13-4-5-15(10-17(13)24)23-26-18-12-16(7-9-19(18)30-23)25-22(27)14-6-8-20(28-2)21(11-14)29-3/h4-12H,1-3H3,(H,25,27). The summed E-state index contributed by atoms with van der Waals surface area (Å²) in [5.74, 6) is 1.24. The number of rotatable bonds is 5. The fourth-order valence-corrected chi connectivity index (χ4v) is 3.22. The normalized spacial score (nSPS) is 10.8. The molecule has 0 atom stereocenters. The van der Waals surface area contributed by atoms with E-state index in [1.165, 1.54) is 7.11 Å². The number of hydrogen-bond acceptors (Lipinski definition) is 5. The highest BCUT2D eigenvalue weighted by atomic mass is 35.5. The van der Waals surface area contributed by atoms with Crippen molar-refractivity contribution < 1.29 is 18.7 Å². The summed E-state index contributed by atoms with van der Waals surface area (Å²) in [6.45, 7) is 1.94. The Balaban J connectivity index is 1.59. The van der Waals surface area contributed by atoms with Crippen molar-refractivity contribution in [1.82, 2.24) is 4.98 Å². The highest BCUT2D eigenvalue weighted by Crippen LogP contribution is 2.30. The number of ether oxygens (including phenoxy) is 2. The number of oxazole rings is 1. The molecule has 0 aliphatic rings. The van der Waals surface area contributed by atoms with E-state index in [-0.39, 0.29) is 5.91 Å². The van der Waals surface area contributed by atoms with E-state index in [2.05, 4.69) is 10.3 Å². The van der Waals surface area contributed by atoms with Gasteiger partial charge in [-0.25, -0.2) is 4.98 Å². The van der Waals surface area contributed by atoms with Gasteiger partial charge in [0.2, 0.25) is 5.89 Å². The van der Waals surface area contributed by atoms with Crippen molar-refractivity contribution in [3.8, 4) is 23.0 Å². The molecule has 7 heteroatoms. The molecule has 1 N–H and O–H groups in total. The van der Waals surface area contributed by atoms with Crippen LogP contribution in [0, 0.1) is 6.92 Å². The van der Waals surface area contributed by atoms with Crippen LogP contribution in [0.25, 0.3) is 22.6 Å². The van der Waals surface area contributed by atoms with Gasteiger partial charge < -0.3 is 19.2 Å². The van der Waals surface area contributed by atoms with Crippen molar-refractivity contribution in [2.24, 2.45) is 0 Å². The summed E-state index contributed by atoms with van der Waals surface area (Å²) in [6, 6.07) is 15.9. The summed E-state index contributed by atoms with van der Waals surface area (Å²) < 4.78 is 16.3. The summed E-state index contributed by atoms with van der Waals surface area (Å²) >= 11 is 6.21. The molecule has 4 rings (SSSR count). The van der Waals surface area contributed by atoms with Gasteiger partial charge in [-0.2, -0.15) is 0 Å². The Labute approximate surface area is 178 Å². The highest BCUT2D eigenvalue weighted by Gasteiger charge is 2.13. The summed E-state index contributed by atoms with van der Waals surface area (Å²) in [5, 5.41) is 3.52. The average molecular weight is 423 g/mol. The number of aromatic nitrogens is 1. The summed E-state index contributed by atoms with van der Waals surface area (Å²) in [6.07, 6.45) is 0. The first-order chi connectivity index (χ1) is 14.5. The lowest BCUT2D eigenvalue weighted by atomic mass is 10.1. The minimum absolute atomic E-state index is 0.274. The fourth-order valence-electron chi connectivity index (χ4n) is 3.04. The van der Waals surface area contributed by atoms with Gasteiger partial charge in [0.1, 0.15) is 5.52 Å². The molecular weight excluding hydrogens is 404 g/mol. The maximum absolute atomic E-state index is 12.6. The molecule has 1 aromatic heterocycles. The van der Waals surface area contributed by atoms with Crippen molar-refractivity contribution in [1.29, 1.82) is 0 Å². The van der Waals surface area contributed by atoms with Crippen LogP contribution in [0.3, 0.4) is 0 Å². The maximum Gasteiger partial charge on any atom is 0.255 e. The van der Waals surface area contributed by atoms with Crippen LogP contribution in [0.1, 0.15) is 15.9 Å². The molecule has 152 valence electrons. The van der Waals surface area contributed by atoms with E-state index < -0.39 is 0 Å². The third-order valence-electron chi connectivity index (χ3n) is 4.71. The number of aryl methyl sites for hydroxylation is 1. The van der Waals surface area contributed by atoms with Gasteiger partial charge in [0.05, 0.1) is 14.2 Å². The van der Waals surface area contributed by atoms with Gasteiger partial charge in [0.25, 0.3) is 5.91 Å². The SMILES string of the molecule is COc1ccc(C(=O)Nc2ccc3oc(-c4ccc(C)c(Cl)c4)nc3c2)cc1OC. The zero-order valence-corrected chi connectivity index (χ0v) is 17.4. The number of nitrogens with one attached hydrogen (secondary N) is 1. The largest absolute Gasteiger partial charge is 0.493 e. The van der Waals surface area contributed by atoms with E-state index in [1.54, 1.807) is 43.5 Å². The smallest absolute Gasteiger partial charge is 0.255 e. The fraction of sp³-hybridized carbons (Fsp3) is 0.130. The van der Waals surface area contributed by atoms with Crippen LogP contribution < -0.4 is 14.8 Å². The Kier molecular flexibility index (Phi) is 5.33. The molecule has 0 aliphatic heterocycles. The van der Waals surface area contributed by atoms with Gasteiger partial charge in [0, 0.05) is 21.8 Å². The van der Waals surface area contributed by atoms with E-state index >= 15 is 0 Å². The maximum atomic E-state index is 12.6. The van der Waals surface area contributed by atoms with Crippen molar-refractivity contribution in [2.45, 2.75) is 6.92 Å². The Morgan fingerprint density at radius 1 is 1.00 bits per heavy atom. The second kappa shape index (κ2) is 8.08. The number of methoxy groups -OCH3 is 2. The zero-order valence-electron chi connectivity index (χ0n) is 16.7.